The van der Waals surface area contributed by atoms with Crippen LogP contribution in [0.1, 0.15) is 33.9 Å². The van der Waals surface area contributed by atoms with Gasteiger partial charge in [-0.3, -0.25) is 9.79 Å². The fourth-order valence-corrected chi connectivity index (χ4v) is 3.35. The van der Waals surface area contributed by atoms with Crippen LogP contribution >= 0.6 is 0 Å². The van der Waals surface area contributed by atoms with Crippen molar-refractivity contribution in [1.82, 2.24) is 10.3 Å². The molecule has 2 aromatic rings. The Hall–Kier alpha value is -3.35. The third-order valence-electron chi connectivity index (χ3n) is 4.61. The Labute approximate surface area is 151 Å². The number of pyridine rings is 1. The number of fused-ring (bicyclic) bond motifs is 1. The Morgan fingerprint density at radius 1 is 1.27 bits per heavy atom. The van der Waals surface area contributed by atoms with Crippen molar-refractivity contribution in [3.05, 3.63) is 65.6 Å². The van der Waals surface area contributed by atoms with Gasteiger partial charge in [0.05, 0.1) is 17.3 Å². The largest absolute Gasteiger partial charge is 0.377 e. The average molecular weight is 348 g/mol. The molecule has 1 unspecified atom stereocenters. The normalized spacial score (nSPS) is 20.3. The van der Waals surface area contributed by atoms with Gasteiger partial charge in [0.1, 0.15) is 12.0 Å². The second kappa shape index (κ2) is 6.87. The van der Waals surface area contributed by atoms with Crippen LogP contribution in [0.4, 0.5) is 11.5 Å². The Morgan fingerprint density at radius 2 is 2.15 bits per heavy atom. The standard InChI is InChI=1S/C19H20N6O/c20-19(26)14-10-23-17(25-18-11-21-7-8-22-18)9-16(14)24-15-6-5-12-3-1-2-4-13(12)15/h1-4,7-11,15,18,22H,5-6H2,(H2,20,26)(H2,23,24,25)/t15-,18?/m0/s1. The monoisotopic (exact) mass is 348 g/mol. The number of aliphatic imine (C=N–C) groups is 1. The summed E-state index contributed by atoms with van der Waals surface area (Å²) in [6.07, 6.45) is 8.51. The summed E-state index contributed by atoms with van der Waals surface area (Å²) in [6.45, 7) is 0. The topological polar surface area (TPSA) is 104 Å². The molecule has 132 valence electrons. The molecule has 7 heteroatoms. The zero-order valence-corrected chi connectivity index (χ0v) is 14.1. The van der Waals surface area contributed by atoms with Gasteiger partial charge in [0.25, 0.3) is 5.91 Å². The van der Waals surface area contributed by atoms with Crippen LogP contribution in [-0.2, 0) is 6.42 Å². The van der Waals surface area contributed by atoms with Crippen LogP contribution in [-0.4, -0.2) is 23.3 Å². The molecular formula is C19H20N6O. The summed E-state index contributed by atoms with van der Waals surface area (Å²) in [6, 6.07) is 10.3. The quantitative estimate of drug-likeness (QED) is 0.663. The molecule has 1 aliphatic carbocycles. The minimum atomic E-state index is -0.502. The van der Waals surface area contributed by atoms with Gasteiger partial charge in [-0.2, -0.15) is 0 Å². The van der Waals surface area contributed by atoms with Crippen molar-refractivity contribution in [2.75, 3.05) is 10.6 Å². The molecule has 2 atom stereocenters. The second-order valence-electron chi connectivity index (χ2n) is 6.32. The summed E-state index contributed by atoms with van der Waals surface area (Å²) in [5.41, 5.74) is 9.20. The van der Waals surface area contributed by atoms with Gasteiger partial charge in [-0.15, -0.1) is 0 Å². The Balaban J connectivity index is 1.59. The van der Waals surface area contributed by atoms with E-state index in [0.29, 0.717) is 17.1 Å². The third-order valence-corrected chi connectivity index (χ3v) is 4.61. The highest BCUT2D eigenvalue weighted by Crippen LogP contribution is 2.34. The number of hydrogen-bond acceptors (Lipinski definition) is 6. The molecule has 5 N–H and O–H groups in total. The van der Waals surface area contributed by atoms with E-state index in [9.17, 15) is 4.79 Å². The van der Waals surface area contributed by atoms with Crippen molar-refractivity contribution >= 4 is 23.6 Å². The highest BCUT2D eigenvalue weighted by molar-refractivity contribution is 5.98. The van der Waals surface area contributed by atoms with Crippen LogP contribution in [0.25, 0.3) is 0 Å². The fraction of sp³-hybridized carbons (Fsp3) is 0.211. The molecule has 0 spiro atoms. The highest BCUT2D eigenvalue weighted by Gasteiger charge is 2.23. The number of aryl methyl sites for hydroxylation is 1. The summed E-state index contributed by atoms with van der Waals surface area (Å²) in [4.78, 5) is 20.2. The second-order valence-corrected chi connectivity index (χ2v) is 6.32. The zero-order chi connectivity index (χ0) is 17.9. The molecule has 0 radical (unpaired) electrons. The summed E-state index contributed by atoms with van der Waals surface area (Å²) in [5, 5.41) is 9.81. The van der Waals surface area contributed by atoms with Gasteiger partial charge >= 0.3 is 0 Å². The van der Waals surface area contributed by atoms with Crippen molar-refractivity contribution in [2.24, 2.45) is 10.7 Å². The van der Waals surface area contributed by atoms with E-state index in [2.05, 4.69) is 44.1 Å². The number of aromatic nitrogens is 1. The first-order chi connectivity index (χ1) is 12.7. The maximum atomic E-state index is 11.8. The van der Waals surface area contributed by atoms with Gasteiger partial charge in [0, 0.05) is 30.9 Å². The first kappa shape index (κ1) is 16.1. The minimum absolute atomic E-state index is 0.150. The molecule has 2 aliphatic rings. The fourth-order valence-electron chi connectivity index (χ4n) is 3.35. The van der Waals surface area contributed by atoms with E-state index in [1.807, 2.05) is 12.1 Å². The number of amides is 1. The van der Waals surface area contributed by atoms with Crippen molar-refractivity contribution < 1.29 is 4.79 Å². The van der Waals surface area contributed by atoms with Crippen LogP contribution in [0.5, 0.6) is 0 Å². The molecule has 7 nitrogen and oxygen atoms in total. The van der Waals surface area contributed by atoms with Crippen molar-refractivity contribution in [3.8, 4) is 0 Å². The molecule has 0 fully saturated rings. The van der Waals surface area contributed by atoms with Crippen LogP contribution in [0.3, 0.4) is 0 Å². The van der Waals surface area contributed by atoms with Gasteiger partial charge in [-0.25, -0.2) is 4.98 Å². The molecule has 1 aromatic carbocycles. The number of carbonyl (C=O) groups excluding carboxylic acids is 1. The van der Waals surface area contributed by atoms with Crippen molar-refractivity contribution in [3.63, 3.8) is 0 Å². The first-order valence-electron chi connectivity index (χ1n) is 8.56. The van der Waals surface area contributed by atoms with Crippen molar-refractivity contribution in [2.45, 2.75) is 25.0 Å². The van der Waals surface area contributed by atoms with Crippen molar-refractivity contribution in [1.29, 1.82) is 0 Å². The van der Waals surface area contributed by atoms with E-state index in [0.717, 1.165) is 12.8 Å². The van der Waals surface area contributed by atoms with Gasteiger partial charge in [0.2, 0.25) is 0 Å². The number of anilines is 2. The van der Waals surface area contributed by atoms with Crippen LogP contribution in [0.15, 0.2) is 53.9 Å². The molecule has 0 saturated heterocycles. The molecule has 0 saturated carbocycles. The van der Waals surface area contributed by atoms with Gasteiger partial charge in [-0.1, -0.05) is 24.3 Å². The molecule has 4 rings (SSSR count). The van der Waals surface area contributed by atoms with E-state index >= 15 is 0 Å². The number of nitrogens with zero attached hydrogens (tertiary/aromatic N) is 2. The smallest absolute Gasteiger partial charge is 0.252 e. The maximum Gasteiger partial charge on any atom is 0.252 e. The van der Waals surface area contributed by atoms with Crippen LogP contribution in [0, 0.1) is 0 Å². The van der Waals surface area contributed by atoms with E-state index in [1.54, 1.807) is 18.6 Å². The minimum Gasteiger partial charge on any atom is -0.377 e. The molecule has 1 amide bonds. The predicted molar refractivity (Wildman–Crippen MR) is 102 cm³/mol. The zero-order valence-electron chi connectivity index (χ0n) is 14.1. The predicted octanol–water partition coefficient (Wildman–Crippen LogP) is 2.16. The Kier molecular flexibility index (Phi) is 4.27. The summed E-state index contributed by atoms with van der Waals surface area (Å²) < 4.78 is 0. The van der Waals surface area contributed by atoms with E-state index in [4.69, 9.17) is 5.73 Å². The SMILES string of the molecule is NC(=O)c1cnc(NC2C=NC=CN2)cc1N[C@H]1CCc2ccccc21. The van der Waals surface area contributed by atoms with E-state index in [1.165, 1.54) is 17.3 Å². The summed E-state index contributed by atoms with van der Waals surface area (Å²) >= 11 is 0. The lowest BCUT2D eigenvalue weighted by Gasteiger charge is -2.20. The summed E-state index contributed by atoms with van der Waals surface area (Å²) in [5.74, 6) is 0.126. The lowest BCUT2D eigenvalue weighted by molar-refractivity contribution is 0.100. The molecule has 0 bridgehead atoms. The number of carbonyl (C=O) groups is 1. The molecular weight excluding hydrogens is 328 g/mol. The molecule has 26 heavy (non-hydrogen) atoms. The van der Waals surface area contributed by atoms with Gasteiger partial charge in [0.15, 0.2) is 0 Å². The first-order valence-corrected chi connectivity index (χ1v) is 8.56. The Bertz CT molecular complexity index is 891. The lowest BCUT2D eigenvalue weighted by atomic mass is 10.1. The third kappa shape index (κ3) is 3.23. The number of hydrogen-bond donors (Lipinski definition) is 4. The number of benzene rings is 1. The number of nitrogens with two attached hydrogens (primary N) is 1. The summed E-state index contributed by atoms with van der Waals surface area (Å²) in [7, 11) is 0. The number of rotatable bonds is 5. The maximum absolute atomic E-state index is 11.8. The van der Waals surface area contributed by atoms with Gasteiger partial charge in [-0.05, 0) is 24.0 Å². The molecule has 1 aromatic heterocycles. The number of nitrogens with one attached hydrogen (secondary N) is 3. The Morgan fingerprint density at radius 3 is 2.96 bits per heavy atom. The lowest BCUT2D eigenvalue weighted by Crippen LogP contribution is -2.35. The molecule has 1 aliphatic heterocycles. The van der Waals surface area contributed by atoms with Crippen LogP contribution < -0.4 is 21.7 Å². The number of primary amides is 1. The average Bonchev–Trinajstić information content (AvgIpc) is 3.06. The van der Waals surface area contributed by atoms with Gasteiger partial charge < -0.3 is 21.7 Å². The molecule has 2 heterocycles. The van der Waals surface area contributed by atoms with E-state index < -0.39 is 5.91 Å². The van der Waals surface area contributed by atoms with Crippen LogP contribution in [0.2, 0.25) is 0 Å². The van der Waals surface area contributed by atoms with E-state index in [-0.39, 0.29) is 12.2 Å². The highest BCUT2D eigenvalue weighted by atomic mass is 16.1.